The third-order valence-electron chi connectivity index (χ3n) is 9.91. The van der Waals surface area contributed by atoms with E-state index in [0.717, 1.165) is 25.7 Å². The number of piperidine rings is 2. The Balaban J connectivity index is 0.000000191. The van der Waals surface area contributed by atoms with Gasteiger partial charge in [0, 0.05) is 33.2 Å². The first kappa shape index (κ1) is 44.1. The summed E-state index contributed by atoms with van der Waals surface area (Å²) in [5, 5.41) is 0.676. The van der Waals surface area contributed by atoms with E-state index in [0.29, 0.717) is 80.6 Å². The zero-order valence-corrected chi connectivity index (χ0v) is 38.1. The van der Waals surface area contributed by atoms with Gasteiger partial charge < -0.3 is 24.3 Å². The number of carbonyl (C=O) groups is 2. The van der Waals surface area contributed by atoms with Gasteiger partial charge in [0.2, 0.25) is 0 Å². The largest absolute Gasteiger partial charge is 0.444 e. The fraction of sp³-hybridized carbons (Fsp3) is 0.500. The van der Waals surface area contributed by atoms with Gasteiger partial charge in [-0.2, -0.15) is 0 Å². The second-order valence-corrected chi connectivity index (χ2v) is 17.2. The number of halogens is 3. The Bertz CT molecular complexity index is 2640. The highest BCUT2D eigenvalue weighted by Gasteiger charge is 2.33. The quantitative estimate of drug-likeness (QED) is 0.102. The monoisotopic (exact) mass is 962 g/mol. The Hall–Kier alpha value is -4.49. The second kappa shape index (κ2) is 17.6. The molecule has 2 amide bonds. The van der Waals surface area contributed by atoms with Gasteiger partial charge in [-0.15, -0.1) is 0 Å². The molecule has 6 aromatic rings. The average molecular weight is 964 g/mol. The van der Waals surface area contributed by atoms with Gasteiger partial charge in [0.25, 0.3) is 0 Å². The smallest absolute Gasteiger partial charge is 0.410 e. The van der Waals surface area contributed by atoms with Crippen LogP contribution < -0.4 is 11.4 Å². The van der Waals surface area contributed by atoms with Crippen molar-refractivity contribution in [2.45, 2.75) is 90.5 Å². The van der Waals surface area contributed by atoms with Crippen LogP contribution in [-0.4, -0.2) is 103 Å². The third kappa shape index (κ3) is 9.62. The van der Waals surface area contributed by atoms with Crippen LogP contribution in [0.3, 0.4) is 0 Å². The number of aromatic amines is 1. The van der Waals surface area contributed by atoms with Crippen molar-refractivity contribution < 1.29 is 19.1 Å². The van der Waals surface area contributed by atoms with Crippen molar-refractivity contribution in [3.05, 3.63) is 67.9 Å². The lowest BCUT2D eigenvalue weighted by Gasteiger charge is -2.34. The number of carbonyl (C=O) groups excluding carboxylic acids is 2. The van der Waals surface area contributed by atoms with Crippen molar-refractivity contribution in [3.63, 3.8) is 0 Å². The minimum absolute atomic E-state index is 0.160. The van der Waals surface area contributed by atoms with Crippen LogP contribution in [0.15, 0.2) is 46.2 Å². The minimum atomic E-state index is -0.567. The lowest BCUT2D eigenvalue weighted by atomic mass is 10.1. The molecule has 0 bridgehead atoms. The summed E-state index contributed by atoms with van der Waals surface area (Å²) in [6, 6.07) is 6.55. The standard InChI is InChI=1S/C20H24ClN5O3.C19H22ClN5O3.CH3I/c1-20(2,3)29-19(28)25-9-5-6-12(11-25)26-17-14(24(4)18(26)27)10-22-13-7-8-15(21)23-16(13)17;1-19(2,3)28-18(27)24-8-4-5-11(10-24)25-16-13(22-17(25)26)9-21-12-6-7-14(20)23-15(12)16;1-2/h7-8,10,12H,5-6,9,11H2,1-4H3;6-7,9,11H,4-5,8,10H2,1-3H3,(H,22,26);1H3/t12-;11-;/m00./s1. The maximum Gasteiger partial charge on any atom is 0.410 e. The Kier molecular flexibility index (Phi) is 13.2. The van der Waals surface area contributed by atoms with Gasteiger partial charge in [-0.25, -0.2) is 29.1 Å². The van der Waals surface area contributed by atoms with E-state index in [1.165, 1.54) is 0 Å². The number of hydrogen-bond donors (Lipinski definition) is 1. The lowest BCUT2D eigenvalue weighted by molar-refractivity contribution is 0.0163. The van der Waals surface area contributed by atoms with Crippen molar-refractivity contribution in [1.82, 2.24) is 48.4 Å². The predicted octanol–water partition coefficient (Wildman–Crippen LogP) is 8.06. The third-order valence-corrected chi connectivity index (χ3v) is 10.3. The molecule has 16 nitrogen and oxygen atoms in total. The van der Waals surface area contributed by atoms with Gasteiger partial charge in [-0.05, 0) is 96.4 Å². The number of pyridine rings is 4. The number of amides is 2. The highest BCUT2D eigenvalue weighted by molar-refractivity contribution is 14.1. The topological polar surface area (TPSA) is 175 Å². The summed E-state index contributed by atoms with van der Waals surface area (Å²) < 4.78 is 16.0. The number of likely N-dealkylation sites (tertiary alicyclic amines) is 2. The number of H-pyrrole nitrogens is 1. The van der Waals surface area contributed by atoms with Crippen LogP contribution in [0.1, 0.15) is 79.3 Å². The van der Waals surface area contributed by atoms with Crippen LogP contribution in [-0.2, 0) is 16.5 Å². The summed E-state index contributed by atoms with van der Waals surface area (Å²) in [4.78, 5) is 76.7. The summed E-state index contributed by atoms with van der Waals surface area (Å²) in [6.45, 7) is 13.1. The van der Waals surface area contributed by atoms with Gasteiger partial charge in [-0.1, -0.05) is 45.8 Å². The Morgan fingerprint density at radius 1 is 0.746 bits per heavy atom. The van der Waals surface area contributed by atoms with Crippen LogP contribution in [0.25, 0.3) is 44.1 Å². The zero-order valence-electron chi connectivity index (χ0n) is 34.4. The molecule has 0 unspecified atom stereocenters. The summed E-state index contributed by atoms with van der Waals surface area (Å²) in [6.07, 6.45) is 5.70. The first-order chi connectivity index (χ1) is 27.9. The second-order valence-electron chi connectivity index (χ2n) is 16.5. The SMILES string of the molecule is CC(C)(C)OC(=O)N1CCC[C@H](n2c(=O)[nH]c3cnc4ccc(Cl)nc4c32)C1.CI.Cn1c(=O)n([C@H]2CCCN(C(=O)OC(C)(C)C)C2)c2c3nc(Cl)ccc3ncc21. The molecule has 6 aromatic heterocycles. The van der Waals surface area contributed by atoms with Gasteiger partial charge in [0.05, 0.1) is 57.6 Å². The molecular formula is C40H49Cl2IN10O6. The van der Waals surface area contributed by atoms with E-state index in [9.17, 15) is 19.2 Å². The first-order valence-electron chi connectivity index (χ1n) is 19.3. The number of imidazole rings is 2. The van der Waals surface area contributed by atoms with Gasteiger partial charge >= 0.3 is 23.6 Å². The van der Waals surface area contributed by atoms with Gasteiger partial charge in [-0.3, -0.25) is 23.7 Å². The number of nitrogens with zero attached hydrogens (tertiary/aromatic N) is 9. The molecule has 2 saturated heterocycles. The molecule has 0 aromatic carbocycles. The molecule has 2 aliphatic rings. The number of ether oxygens (including phenoxy) is 2. The summed E-state index contributed by atoms with van der Waals surface area (Å²) in [7, 11) is 1.72. The number of aromatic nitrogens is 8. The van der Waals surface area contributed by atoms with Crippen molar-refractivity contribution in [3.8, 4) is 0 Å². The Labute approximate surface area is 364 Å². The van der Waals surface area contributed by atoms with Crippen LogP contribution in [0.4, 0.5) is 9.59 Å². The number of fused-ring (bicyclic) bond motifs is 6. The number of aryl methyl sites for hydroxylation is 1. The van der Waals surface area contributed by atoms with Crippen molar-refractivity contribution in [2.24, 2.45) is 7.05 Å². The Morgan fingerprint density at radius 2 is 1.22 bits per heavy atom. The molecule has 8 rings (SSSR count). The average Bonchev–Trinajstić information content (AvgIpc) is 3.66. The number of alkyl halides is 1. The van der Waals surface area contributed by atoms with E-state index in [2.05, 4.69) is 47.5 Å². The molecule has 0 saturated carbocycles. The molecule has 0 spiro atoms. The van der Waals surface area contributed by atoms with E-state index in [1.54, 1.807) is 67.2 Å². The van der Waals surface area contributed by atoms with E-state index in [-0.39, 0.29) is 35.6 Å². The molecule has 2 atom stereocenters. The molecule has 2 aliphatic heterocycles. The normalized spacial score (nSPS) is 17.4. The summed E-state index contributed by atoms with van der Waals surface area (Å²) in [5.74, 6) is 0. The fourth-order valence-electron chi connectivity index (χ4n) is 7.51. The van der Waals surface area contributed by atoms with E-state index in [4.69, 9.17) is 32.7 Å². The predicted molar refractivity (Wildman–Crippen MR) is 238 cm³/mol. The lowest BCUT2D eigenvalue weighted by Crippen LogP contribution is -2.45. The van der Waals surface area contributed by atoms with Crippen LogP contribution in [0.5, 0.6) is 0 Å². The van der Waals surface area contributed by atoms with Crippen molar-refractivity contribution in [1.29, 1.82) is 0 Å². The highest BCUT2D eigenvalue weighted by Crippen LogP contribution is 2.31. The molecule has 2 fully saturated rings. The number of nitrogens with one attached hydrogen (secondary N) is 1. The maximum absolute atomic E-state index is 13.1. The van der Waals surface area contributed by atoms with Crippen LogP contribution >= 0.6 is 45.8 Å². The molecule has 59 heavy (non-hydrogen) atoms. The first-order valence-corrected chi connectivity index (χ1v) is 22.2. The molecule has 0 aliphatic carbocycles. The van der Waals surface area contributed by atoms with Crippen LogP contribution in [0.2, 0.25) is 10.3 Å². The molecular weight excluding hydrogens is 914 g/mol. The van der Waals surface area contributed by atoms with Gasteiger partial charge in [0.15, 0.2) is 0 Å². The minimum Gasteiger partial charge on any atom is -0.444 e. The molecule has 1 N–H and O–H groups in total. The maximum atomic E-state index is 13.1. The highest BCUT2D eigenvalue weighted by atomic mass is 127. The van der Waals surface area contributed by atoms with E-state index in [1.807, 2.05) is 46.5 Å². The van der Waals surface area contributed by atoms with Crippen molar-refractivity contribution >= 4 is 102 Å². The van der Waals surface area contributed by atoms with E-state index >= 15 is 0 Å². The zero-order chi connectivity index (χ0) is 43.0. The molecule has 19 heteroatoms. The number of hydrogen-bond acceptors (Lipinski definition) is 10. The molecule has 0 radical (unpaired) electrons. The van der Waals surface area contributed by atoms with E-state index < -0.39 is 11.2 Å². The fourth-order valence-corrected chi connectivity index (χ4v) is 7.80. The van der Waals surface area contributed by atoms with Gasteiger partial charge in [0.1, 0.15) is 32.5 Å². The van der Waals surface area contributed by atoms with Crippen LogP contribution in [0, 0.1) is 0 Å². The summed E-state index contributed by atoms with van der Waals surface area (Å²) in [5.41, 5.74) is 3.58. The molecule has 8 heterocycles. The van der Waals surface area contributed by atoms with Crippen molar-refractivity contribution in [2.75, 3.05) is 31.1 Å². The Morgan fingerprint density at radius 3 is 1.73 bits per heavy atom. The number of rotatable bonds is 2. The summed E-state index contributed by atoms with van der Waals surface area (Å²) >= 11 is 14.4. The molecule has 316 valence electrons.